The second-order valence-corrected chi connectivity index (χ2v) is 8.56. The Labute approximate surface area is 209 Å². The Morgan fingerprint density at radius 1 is 0.971 bits per heavy atom. The molecule has 0 fully saturated rings. The van der Waals surface area contributed by atoms with Crippen molar-refractivity contribution >= 4 is 36.3 Å². The van der Waals surface area contributed by atoms with Crippen LogP contribution < -0.4 is 33.2 Å². The van der Waals surface area contributed by atoms with E-state index in [9.17, 15) is 29.4 Å². The Hall–Kier alpha value is -2.87. The molecule has 1 aromatic rings. The smallest absolute Gasteiger partial charge is 0.245 e. The molecule has 0 saturated carbocycles. The molecule has 0 unspecified atom stereocenters. The van der Waals surface area contributed by atoms with Crippen molar-refractivity contribution in [1.82, 2.24) is 16.0 Å². The van der Waals surface area contributed by atoms with Crippen LogP contribution in [0.25, 0.3) is 0 Å². The van der Waals surface area contributed by atoms with Gasteiger partial charge in [-0.15, -0.1) is 0 Å². The Balaban J connectivity index is 2.80. The van der Waals surface area contributed by atoms with Crippen molar-refractivity contribution in [3.05, 3.63) is 29.8 Å². The number of phenolic OH excluding ortho intramolecular Hbond substituents is 1. The largest absolute Gasteiger partial charge is 0.508 e. The first-order valence-corrected chi connectivity index (χ1v) is 11.9. The van der Waals surface area contributed by atoms with E-state index in [2.05, 4.69) is 28.6 Å². The third-order valence-electron chi connectivity index (χ3n) is 5.22. The van der Waals surface area contributed by atoms with Crippen LogP contribution in [0.4, 0.5) is 0 Å². The molecule has 0 heterocycles. The predicted octanol–water partition coefficient (Wildman–Crippen LogP) is -2.36. The van der Waals surface area contributed by atoms with E-state index in [1.807, 2.05) is 0 Å². The number of hydrogen-bond donors (Lipinski definition) is 9. The van der Waals surface area contributed by atoms with Gasteiger partial charge in [-0.2, -0.15) is 12.6 Å². The summed E-state index contributed by atoms with van der Waals surface area (Å²) in [6.45, 7) is 1.77. The second-order valence-electron chi connectivity index (χ2n) is 8.20. The van der Waals surface area contributed by atoms with Crippen molar-refractivity contribution in [2.75, 3.05) is 12.3 Å². The van der Waals surface area contributed by atoms with Crippen LogP contribution in [0.1, 0.15) is 31.7 Å². The lowest BCUT2D eigenvalue weighted by atomic mass is 10.0. The number of phenols is 1. The number of carbonyl (C=O) groups is 4. The van der Waals surface area contributed by atoms with Gasteiger partial charge in [-0.05, 0) is 44.0 Å². The summed E-state index contributed by atoms with van der Waals surface area (Å²) in [7, 11) is 0. The summed E-state index contributed by atoms with van der Waals surface area (Å²) in [5.41, 5.74) is 17.3. The highest BCUT2D eigenvalue weighted by atomic mass is 32.1. The Kier molecular flexibility index (Phi) is 13.1. The summed E-state index contributed by atoms with van der Waals surface area (Å²) in [5.74, 6) is -3.08. The maximum Gasteiger partial charge on any atom is 0.245 e. The summed E-state index contributed by atoms with van der Waals surface area (Å²) < 4.78 is 0. The molecular weight excluding hydrogens is 476 g/mol. The molecule has 0 bridgehead atoms. The quantitative estimate of drug-likeness (QED) is 0.0911. The summed E-state index contributed by atoms with van der Waals surface area (Å²) in [6.07, 6.45) is 0.451. The summed E-state index contributed by atoms with van der Waals surface area (Å²) in [4.78, 5) is 49.7. The highest BCUT2D eigenvalue weighted by Crippen LogP contribution is 2.11. The molecule has 35 heavy (non-hydrogen) atoms. The monoisotopic (exact) mass is 512 g/mol. The fraction of sp³-hybridized carbons (Fsp3) is 0.545. The third-order valence-corrected chi connectivity index (χ3v) is 5.59. The van der Waals surface area contributed by atoms with Crippen molar-refractivity contribution in [1.29, 1.82) is 0 Å². The number of thiol groups is 1. The van der Waals surface area contributed by atoms with Gasteiger partial charge >= 0.3 is 0 Å². The van der Waals surface area contributed by atoms with Gasteiger partial charge in [-0.3, -0.25) is 19.2 Å². The van der Waals surface area contributed by atoms with E-state index >= 15 is 0 Å². The minimum absolute atomic E-state index is 0.0440. The molecule has 0 aliphatic carbocycles. The average Bonchev–Trinajstić information content (AvgIpc) is 2.81. The number of aliphatic hydroxyl groups is 1. The first-order valence-electron chi connectivity index (χ1n) is 11.2. The van der Waals surface area contributed by atoms with Gasteiger partial charge in [0.1, 0.15) is 23.9 Å². The lowest BCUT2D eigenvalue weighted by Gasteiger charge is -2.26. The van der Waals surface area contributed by atoms with Gasteiger partial charge < -0.3 is 43.4 Å². The predicted molar refractivity (Wildman–Crippen MR) is 133 cm³/mol. The molecule has 1 rings (SSSR count). The molecule has 0 aromatic heterocycles. The minimum Gasteiger partial charge on any atom is -0.508 e. The third kappa shape index (κ3) is 10.5. The summed E-state index contributed by atoms with van der Waals surface area (Å²) in [5, 5.41) is 26.7. The van der Waals surface area contributed by atoms with Crippen LogP contribution in [-0.4, -0.2) is 76.4 Å². The lowest BCUT2D eigenvalue weighted by Crippen LogP contribution is -2.60. The Bertz CT molecular complexity index is 853. The number of rotatable bonds is 15. The molecule has 11 N–H and O–H groups in total. The maximum absolute atomic E-state index is 12.7. The lowest BCUT2D eigenvalue weighted by molar-refractivity contribution is -0.135. The molecule has 0 saturated heterocycles. The first kappa shape index (κ1) is 30.2. The van der Waals surface area contributed by atoms with E-state index in [0.717, 1.165) is 0 Å². The topological polar surface area (TPSA) is 223 Å². The Morgan fingerprint density at radius 3 is 2.09 bits per heavy atom. The maximum atomic E-state index is 12.7. The van der Waals surface area contributed by atoms with Gasteiger partial charge in [-0.25, -0.2) is 0 Å². The average molecular weight is 513 g/mol. The van der Waals surface area contributed by atoms with Crippen LogP contribution >= 0.6 is 12.6 Å². The number of benzene rings is 1. The van der Waals surface area contributed by atoms with Crippen molar-refractivity contribution in [2.24, 2.45) is 17.2 Å². The van der Waals surface area contributed by atoms with Crippen LogP contribution in [0, 0.1) is 0 Å². The minimum atomic E-state index is -1.37. The normalized spacial score (nSPS) is 15.2. The van der Waals surface area contributed by atoms with Crippen molar-refractivity contribution in [3.63, 3.8) is 0 Å². The molecular formula is C22H36N6O6S. The zero-order valence-electron chi connectivity index (χ0n) is 19.6. The van der Waals surface area contributed by atoms with E-state index in [1.165, 1.54) is 19.1 Å². The van der Waals surface area contributed by atoms with Gasteiger partial charge in [0.15, 0.2) is 0 Å². The van der Waals surface area contributed by atoms with Gasteiger partial charge in [0.05, 0.1) is 12.1 Å². The first-order chi connectivity index (χ1) is 16.5. The fourth-order valence-corrected chi connectivity index (χ4v) is 3.38. The van der Waals surface area contributed by atoms with E-state index < -0.39 is 53.9 Å². The molecule has 196 valence electrons. The van der Waals surface area contributed by atoms with Gasteiger partial charge in [0.2, 0.25) is 23.6 Å². The van der Waals surface area contributed by atoms with Gasteiger partial charge in [0, 0.05) is 12.2 Å². The molecule has 1 aromatic carbocycles. The number of nitrogens with two attached hydrogens (primary N) is 3. The second kappa shape index (κ2) is 15.2. The van der Waals surface area contributed by atoms with Crippen LogP contribution in [0.3, 0.4) is 0 Å². The highest BCUT2D eigenvalue weighted by Gasteiger charge is 2.31. The number of nitrogens with one attached hydrogen (secondary N) is 3. The van der Waals surface area contributed by atoms with Crippen LogP contribution in [0.2, 0.25) is 0 Å². The van der Waals surface area contributed by atoms with Crippen molar-refractivity contribution in [3.8, 4) is 5.75 Å². The van der Waals surface area contributed by atoms with E-state index in [4.69, 9.17) is 17.2 Å². The van der Waals surface area contributed by atoms with Gasteiger partial charge in [-0.1, -0.05) is 18.6 Å². The molecule has 0 aliphatic heterocycles. The summed E-state index contributed by atoms with van der Waals surface area (Å²) in [6, 6.07) is 1.46. The standard InChI is InChI=1S/C22H36N6O6S/c1-12(29)18(28-20(32)15(24)4-2-3-9-23)22(34)27-17(11-35)21(33)26-16(19(25)31)10-13-5-7-14(30)8-6-13/h5-8,12,15-18,29-30,35H,2-4,9-11,23-24H2,1H3,(H2,25,31)(H,26,33)(H,27,34)(H,28,32)/t12-,15+,16-,17+,18+/m1/s1. The van der Waals surface area contributed by atoms with E-state index in [1.54, 1.807) is 12.1 Å². The van der Waals surface area contributed by atoms with E-state index in [-0.39, 0.29) is 17.9 Å². The molecule has 0 radical (unpaired) electrons. The number of hydrogen-bond acceptors (Lipinski definition) is 9. The molecule has 12 nitrogen and oxygen atoms in total. The zero-order chi connectivity index (χ0) is 26.5. The summed E-state index contributed by atoms with van der Waals surface area (Å²) >= 11 is 4.09. The number of aromatic hydroxyl groups is 1. The Morgan fingerprint density at radius 2 is 1.57 bits per heavy atom. The molecule has 0 aliphatic rings. The van der Waals surface area contributed by atoms with Gasteiger partial charge in [0.25, 0.3) is 0 Å². The fourth-order valence-electron chi connectivity index (χ4n) is 3.12. The molecule has 13 heteroatoms. The number of aliphatic hydroxyl groups excluding tert-OH is 1. The molecule has 0 spiro atoms. The van der Waals surface area contributed by atoms with Crippen LogP contribution in [0.5, 0.6) is 5.75 Å². The number of primary amides is 1. The number of carbonyl (C=O) groups excluding carboxylic acids is 4. The highest BCUT2D eigenvalue weighted by molar-refractivity contribution is 7.80. The molecule has 5 atom stereocenters. The number of amides is 4. The number of unbranched alkanes of at least 4 members (excludes halogenated alkanes) is 1. The van der Waals surface area contributed by atoms with E-state index in [0.29, 0.717) is 31.4 Å². The zero-order valence-corrected chi connectivity index (χ0v) is 20.5. The SMILES string of the molecule is C[C@@H](O)[C@H](NC(=O)[C@@H](N)CCCCN)C(=O)N[C@@H](CS)C(=O)N[C@H](Cc1ccc(O)cc1)C(N)=O. The van der Waals surface area contributed by atoms with Crippen molar-refractivity contribution < 1.29 is 29.4 Å². The molecule has 4 amide bonds. The van der Waals surface area contributed by atoms with Crippen molar-refractivity contribution in [2.45, 2.75) is 62.9 Å². The van der Waals surface area contributed by atoms with Crippen LogP contribution in [-0.2, 0) is 25.6 Å². The van der Waals surface area contributed by atoms with Crippen LogP contribution in [0.15, 0.2) is 24.3 Å².